The lowest BCUT2D eigenvalue weighted by molar-refractivity contribution is 1.10. The van der Waals surface area contributed by atoms with Crippen LogP contribution in [0.25, 0.3) is 94.2 Å². The number of imidazole rings is 1. The summed E-state index contributed by atoms with van der Waals surface area (Å²) in [4.78, 5) is 5.02. The molecule has 9 aromatic carbocycles. The van der Waals surface area contributed by atoms with Crippen LogP contribution in [0.15, 0.2) is 206 Å². The Hall–Kier alpha value is -7.03. The molecule has 0 atom stereocenters. The number of hydrogen-bond acceptors (Lipinski definition) is 1. The molecule has 0 aliphatic heterocycles. The minimum atomic E-state index is -0.476. The first-order valence-electron chi connectivity index (χ1n) is 22.3. The highest BCUT2D eigenvalue weighted by atomic mass is 15.1. The summed E-state index contributed by atoms with van der Waals surface area (Å²) in [5.41, 5.74) is 8.06. The van der Waals surface area contributed by atoms with Gasteiger partial charge in [-0.25, -0.2) is 4.98 Å². The van der Waals surface area contributed by atoms with Gasteiger partial charge in [0.05, 0.1) is 24.7 Å². The predicted octanol–water partition coefficient (Wildman–Crippen LogP) is 13.7. The number of hydrogen-bond donors (Lipinski definition) is 0. The predicted molar refractivity (Wildman–Crippen MR) is 223 cm³/mol. The number of nitrogens with zero attached hydrogens (tertiary/aromatic N) is 2. The molecule has 10 rings (SSSR count). The Bertz CT molecular complexity index is 3450. The monoisotopic (exact) mass is 684 g/mol. The molecule has 53 heavy (non-hydrogen) atoms. The zero-order valence-electron chi connectivity index (χ0n) is 38.3. The maximum Gasteiger partial charge on any atom is 0.145 e. The Kier molecular flexibility index (Phi) is 5.38. The van der Waals surface area contributed by atoms with E-state index in [0.717, 1.165) is 66.3 Å². The smallest absolute Gasteiger partial charge is 0.145 e. The topological polar surface area (TPSA) is 17.8 Å². The van der Waals surface area contributed by atoms with Crippen molar-refractivity contribution in [3.05, 3.63) is 206 Å². The SMILES string of the molecule is [2H]c1c([2H])c([2H])c(-c2cccc(-c3c4ccccc4c(-c4ccc(-n5c(-c6ccccc6)nc6ccccc65)cc4)c4ccc(-c5c([2H])c([2H])c([2H])c([2H])c5[2H])cc34)c2)c([2H])c1[2H]. The second-order valence-electron chi connectivity index (χ2n) is 12.8. The lowest BCUT2D eigenvalue weighted by atomic mass is 9.84. The normalized spacial score (nSPS) is 14.0. The molecule has 0 aliphatic rings. The summed E-state index contributed by atoms with van der Waals surface area (Å²) in [7, 11) is 0. The number of para-hydroxylation sites is 2. The van der Waals surface area contributed by atoms with Crippen molar-refractivity contribution in [1.29, 1.82) is 0 Å². The van der Waals surface area contributed by atoms with E-state index in [1.54, 1.807) is 18.2 Å². The third kappa shape index (κ3) is 5.40. The molecule has 248 valence electrons. The molecule has 2 heteroatoms. The molecule has 0 unspecified atom stereocenters. The first-order chi connectivity index (χ1) is 30.4. The minimum absolute atomic E-state index is 0.0718. The molecule has 0 saturated carbocycles. The molecule has 1 aromatic heterocycles. The zero-order valence-corrected chi connectivity index (χ0v) is 28.3. The molecule has 0 bridgehead atoms. The zero-order chi connectivity index (χ0) is 43.8. The van der Waals surface area contributed by atoms with E-state index >= 15 is 0 Å². The van der Waals surface area contributed by atoms with E-state index in [-0.39, 0.29) is 35.3 Å². The minimum Gasteiger partial charge on any atom is -0.292 e. The van der Waals surface area contributed by atoms with Crippen molar-refractivity contribution in [2.24, 2.45) is 0 Å². The van der Waals surface area contributed by atoms with Crippen LogP contribution in [0.2, 0.25) is 0 Å². The van der Waals surface area contributed by atoms with E-state index in [1.165, 1.54) is 0 Å². The molecule has 0 amide bonds. The number of benzene rings is 9. The van der Waals surface area contributed by atoms with Crippen LogP contribution in [-0.2, 0) is 0 Å². The molecule has 2 nitrogen and oxygen atoms in total. The van der Waals surface area contributed by atoms with E-state index in [4.69, 9.17) is 18.7 Å². The third-order valence-corrected chi connectivity index (χ3v) is 9.76. The summed E-state index contributed by atoms with van der Waals surface area (Å²) in [6.07, 6.45) is 0. The summed E-state index contributed by atoms with van der Waals surface area (Å²) in [6, 6.07) is 43.3. The van der Waals surface area contributed by atoms with Gasteiger partial charge >= 0.3 is 0 Å². The summed E-state index contributed by atoms with van der Waals surface area (Å²) in [5.74, 6) is 0.816. The first-order valence-corrected chi connectivity index (χ1v) is 17.3. The van der Waals surface area contributed by atoms with Crippen LogP contribution in [-0.4, -0.2) is 9.55 Å². The molecule has 1 heterocycles. The van der Waals surface area contributed by atoms with E-state index < -0.39 is 36.3 Å². The van der Waals surface area contributed by atoms with E-state index in [1.807, 2.05) is 91.0 Å². The Morgan fingerprint density at radius 1 is 0.377 bits per heavy atom. The summed E-state index contributed by atoms with van der Waals surface area (Å²) in [6.45, 7) is 0. The maximum absolute atomic E-state index is 8.86. The van der Waals surface area contributed by atoms with Crippen LogP contribution < -0.4 is 0 Å². The Balaban J connectivity index is 1.24. The fraction of sp³-hybridized carbons (Fsp3) is 0. The summed E-state index contributed by atoms with van der Waals surface area (Å²) in [5, 5.41) is 3.34. The van der Waals surface area contributed by atoms with Gasteiger partial charge < -0.3 is 0 Å². The maximum atomic E-state index is 8.86. The second kappa shape index (κ2) is 12.9. The van der Waals surface area contributed by atoms with Crippen LogP contribution in [0.4, 0.5) is 0 Å². The van der Waals surface area contributed by atoms with Crippen LogP contribution in [0.5, 0.6) is 0 Å². The van der Waals surface area contributed by atoms with E-state index in [2.05, 4.69) is 41.0 Å². The largest absolute Gasteiger partial charge is 0.292 e. The molecular weight excluding hydrogens is 641 g/mol. The van der Waals surface area contributed by atoms with Gasteiger partial charge in [-0.05, 0) is 102 Å². The Morgan fingerprint density at radius 3 is 1.64 bits per heavy atom. The molecular formula is C51H34N2. The summed E-state index contributed by atoms with van der Waals surface area (Å²) < 4.78 is 87.4. The third-order valence-electron chi connectivity index (χ3n) is 9.76. The average Bonchev–Trinajstić information content (AvgIpc) is 3.71. The molecule has 0 aliphatic carbocycles. The Morgan fingerprint density at radius 2 is 0.925 bits per heavy atom. The number of aromatic nitrogens is 2. The fourth-order valence-electron chi connectivity index (χ4n) is 7.42. The quantitative estimate of drug-likeness (QED) is 0.159. The second-order valence-corrected chi connectivity index (χ2v) is 12.8. The highest BCUT2D eigenvalue weighted by molar-refractivity contribution is 6.22. The first kappa shape index (κ1) is 22.0. The van der Waals surface area contributed by atoms with Crippen LogP contribution >= 0.6 is 0 Å². The van der Waals surface area contributed by atoms with Crippen LogP contribution in [0.1, 0.15) is 13.7 Å². The van der Waals surface area contributed by atoms with E-state index in [9.17, 15) is 0 Å². The van der Waals surface area contributed by atoms with Gasteiger partial charge in [-0.1, -0.05) is 170 Å². The van der Waals surface area contributed by atoms with Gasteiger partial charge in [0.15, 0.2) is 0 Å². The van der Waals surface area contributed by atoms with Crippen LogP contribution in [0.3, 0.4) is 0 Å². The average molecular weight is 685 g/mol. The van der Waals surface area contributed by atoms with Crippen molar-refractivity contribution in [3.63, 3.8) is 0 Å². The van der Waals surface area contributed by atoms with Crippen molar-refractivity contribution in [2.45, 2.75) is 0 Å². The van der Waals surface area contributed by atoms with Gasteiger partial charge in [0.2, 0.25) is 0 Å². The molecule has 10 aromatic rings. The molecule has 0 fully saturated rings. The van der Waals surface area contributed by atoms with Crippen molar-refractivity contribution in [2.75, 3.05) is 0 Å². The van der Waals surface area contributed by atoms with Crippen LogP contribution in [0, 0.1) is 0 Å². The lowest BCUT2D eigenvalue weighted by Crippen LogP contribution is -1.98. The van der Waals surface area contributed by atoms with E-state index in [0.29, 0.717) is 16.7 Å². The number of rotatable bonds is 6. The van der Waals surface area contributed by atoms with Gasteiger partial charge in [0, 0.05) is 11.3 Å². The van der Waals surface area contributed by atoms with Crippen molar-refractivity contribution in [3.8, 4) is 61.6 Å². The molecule has 0 radical (unpaired) electrons. The van der Waals surface area contributed by atoms with Crippen molar-refractivity contribution >= 4 is 32.6 Å². The molecule has 0 spiro atoms. The summed E-state index contributed by atoms with van der Waals surface area (Å²) >= 11 is 0. The molecule has 0 N–H and O–H groups in total. The highest BCUT2D eigenvalue weighted by Gasteiger charge is 2.19. The highest BCUT2D eigenvalue weighted by Crippen LogP contribution is 2.45. The number of fused-ring (bicyclic) bond motifs is 3. The van der Waals surface area contributed by atoms with Crippen molar-refractivity contribution < 1.29 is 13.7 Å². The van der Waals surface area contributed by atoms with Gasteiger partial charge in [-0.15, -0.1) is 0 Å². The standard InChI is InChI=1S/C51H34N2/c1-4-15-35(16-5-1)39-21-14-22-41(33-39)50-44-24-11-10-23-43(44)49(45-32-29-40(34-46(45)50)36-17-6-2-7-18-36)37-27-30-42(31-28-37)53-48-26-13-12-25-47(48)52-51(53)38-19-8-3-9-20-38/h1-34H/i1D,2D,4D,5D,6D,7D,15D,16D,17D,18D. The Labute approximate surface area is 323 Å². The van der Waals surface area contributed by atoms with Gasteiger partial charge in [0.1, 0.15) is 5.82 Å². The van der Waals surface area contributed by atoms with Gasteiger partial charge in [-0.3, -0.25) is 4.57 Å². The molecule has 0 saturated heterocycles. The van der Waals surface area contributed by atoms with Crippen molar-refractivity contribution in [1.82, 2.24) is 9.55 Å². The fourth-order valence-corrected chi connectivity index (χ4v) is 7.42. The lowest BCUT2D eigenvalue weighted by Gasteiger charge is -2.19. The van der Waals surface area contributed by atoms with Gasteiger partial charge in [-0.2, -0.15) is 0 Å². The van der Waals surface area contributed by atoms with Gasteiger partial charge in [0.25, 0.3) is 0 Å².